The SMILES string of the molecule is Cc1nc2oc3c(-c4cc(C(C)C)ccn4)cccc3c2cc1-c1ccccc1. The van der Waals surface area contributed by atoms with Crippen molar-refractivity contribution in [1.29, 1.82) is 0 Å². The standard InChI is InChI=1S/C26H22N2O/c1-16(2)19-12-13-27-24(14-19)21-11-7-10-20-23-15-22(18-8-5-4-6-9-18)17(3)28-26(23)29-25(20)21/h4-16H,1-3H3. The Kier molecular flexibility index (Phi) is 4.17. The number of furan rings is 1. The van der Waals surface area contributed by atoms with Gasteiger partial charge in [0.25, 0.3) is 0 Å². The predicted octanol–water partition coefficient (Wildman–Crippen LogP) is 7.14. The highest BCUT2D eigenvalue weighted by Gasteiger charge is 2.16. The van der Waals surface area contributed by atoms with Crippen LogP contribution in [0.4, 0.5) is 0 Å². The van der Waals surface area contributed by atoms with E-state index in [0.717, 1.165) is 44.4 Å². The zero-order valence-corrected chi connectivity index (χ0v) is 16.8. The third-order valence-corrected chi connectivity index (χ3v) is 5.49. The lowest BCUT2D eigenvalue weighted by Crippen LogP contribution is -1.90. The Morgan fingerprint density at radius 2 is 1.66 bits per heavy atom. The largest absolute Gasteiger partial charge is 0.437 e. The van der Waals surface area contributed by atoms with Crippen LogP contribution in [0.5, 0.6) is 0 Å². The molecule has 3 heterocycles. The Bertz CT molecular complexity index is 1330. The summed E-state index contributed by atoms with van der Waals surface area (Å²) in [4.78, 5) is 9.40. The Morgan fingerprint density at radius 1 is 0.828 bits per heavy atom. The van der Waals surface area contributed by atoms with Crippen molar-refractivity contribution >= 4 is 22.1 Å². The van der Waals surface area contributed by atoms with E-state index in [0.29, 0.717) is 11.6 Å². The highest BCUT2D eigenvalue weighted by Crippen LogP contribution is 2.37. The summed E-state index contributed by atoms with van der Waals surface area (Å²) in [5.74, 6) is 0.448. The van der Waals surface area contributed by atoms with Crippen LogP contribution < -0.4 is 0 Å². The Balaban J connectivity index is 1.75. The van der Waals surface area contributed by atoms with Crippen LogP contribution in [-0.4, -0.2) is 9.97 Å². The lowest BCUT2D eigenvalue weighted by molar-refractivity contribution is 0.653. The molecule has 29 heavy (non-hydrogen) atoms. The maximum Gasteiger partial charge on any atom is 0.227 e. The molecule has 5 rings (SSSR count). The molecule has 2 aromatic carbocycles. The average Bonchev–Trinajstić information content (AvgIpc) is 3.11. The monoisotopic (exact) mass is 378 g/mol. The Morgan fingerprint density at radius 3 is 2.45 bits per heavy atom. The van der Waals surface area contributed by atoms with Crippen molar-refractivity contribution in [1.82, 2.24) is 9.97 Å². The van der Waals surface area contributed by atoms with Gasteiger partial charge in [0, 0.05) is 33.8 Å². The fourth-order valence-corrected chi connectivity index (χ4v) is 3.87. The molecule has 0 saturated heterocycles. The molecule has 142 valence electrons. The molecule has 0 unspecified atom stereocenters. The van der Waals surface area contributed by atoms with Crippen molar-refractivity contribution in [3.63, 3.8) is 0 Å². The van der Waals surface area contributed by atoms with Crippen molar-refractivity contribution < 1.29 is 4.42 Å². The molecule has 0 N–H and O–H groups in total. The summed E-state index contributed by atoms with van der Waals surface area (Å²) in [6.07, 6.45) is 1.88. The van der Waals surface area contributed by atoms with Crippen LogP contribution in [0, 0.1) is 6.92 Å². The second kappa shape index (κ2) is 6.85. The molecule has 0 radical (unpaired) electrons. The van der Waals surface area contributed by atoms with E-state index in [4.69, 9.17) is 9.40 Å². The summed E-state index contributed by atoms with van der Waals surface area (Å²) in [5, 5.41) is 2.10. The van der Waals surface area contributed by atoms with Crippen molar-refractivity contribution in [3.05, 3.63) is 84.2 Å². The van der Waals surface area contributed by atoms with Gasteiger partial charge in [-0.2, -0.15) is 0 Å². The van der Waals surface area contributed by atoms with Crippen LogP contribution in [-0.2, 0) is 0 Å². The quantitative estimate of drug-likeness (QED) is 0.335. The average molecular weight is 378 g/mol. The first kappa shape index (κ1) is 17.6. The molecular formula is C26H22N2O. The van der Waals surface area contributed by atoms with E-state index in [1.807, 2.05) is 19.2 Å². The summed E-state index contributed by atoms with van der Waals surface area (Å²) in [5.41, 5.74) is 7.97. The molecule has 0 spiro atoms. The molecule has 0 aliphatic carbocycles. The Hall–Kier alpha value is -3.46. The van der Waals surface area contributed by atoms with Crippen LogP contribution >= 0.6 is 0 Å². The van der Waals surface area contributed by atoms with Gasteiger partial charge in [0.15, 0.2) is 0 Å². The molecule has 0 bridgehead atoms. The van der Waals surface area contributed by atoms with E-state index in [1.54, 1.807) is 0 Å². The minimum Gasteiger partial charge on any atom is -0.437 e. The molecule has 0 aliphatic rings. The molecule has 0 atom stereocenters. The van der Waals surface area contributed by atoms with Gasteiger partial charge in [-0.3, -0.25) is 4.98 Å². The second-order valence-corrected chi connectivity index (χ2v) is 7.75. The van der Waals surface area contributed by atoms with Gasteiger partial charge in [0.1, 0.15) is 5.58 Å². The predicted molar refractivity (Wildman–Crippen MR) is 119 cm³/mol. The van der Waals surface area contributed by atoms with Crippen molar-refractivity contribution in [2.75, 3.05) is 0 Å². The van der Waals surface area contributed by atoms with E-state index in [1.165, 1.54) is 5.56 Å². The van der Waals surface area contributed by atoms with Crippen LogP contribution in [0.3, 0.4) is 0 Å². The number of benzene rings is 2. The first-order chi connectivity index (χ1) is 14.1. The van der Waals surface area contributed by atoms with Gasteiger partial charge in [0.05, 0.1) is 5.69 Å². The lowest BCUT2D eigenvalue weighted by Gasteiger charge is -2.07. The molecule has 0 amide bonds. The van der Waals surface area contributed by atoms with E-state index in [2.05, 4.69) is 79.5 Å². The minimum absolute atomic E-state index is 0.448. The van der Waals surface area contributed by atoms with Gasteiger partial charge in [0.2, 0.25) is 5.71 Å². The van der Waals surface area contributed by atoms with Gasteiger partial charge in [-0.1, -0.05) is 56.3 Å². The number of aromatic nitrogens is 2. The van der Waals surface area contributed by atoms with E-state index in [9.17, 15) is 0 Å². The maximum atomic E-state index is 6.26. The molecule has 3 heteroatoms. The summed E-state index contributed by atoms with van der Waals surface area (Å²) < 4.78 is 6.26. The van der Waals surface area contributed by atoms with E-state index >= 15 is 0 Å². The number of para-hydroxylation sites is 1. The van der Waals surface area contributed by atoms with Gasteiger partial charge >= 0.3 is 0 Å². The van der Waals surface area contributed by atoms with Gasteiger partial charge < -0.3 is 4.42 Å². The summed E-state index contributed by atoms with van der Waals surface area (Å²) in [6.45, 7) is 6.42. The highest BCUT2D eigenvalue weighted by molar-refractivity contribution is 6.09. The highest BCUT2D eigenvalue weighted by atomic mass is 16.3. The summed E-state index contributed by atoms with van der Waals surface area (Å²) >= 11 is 0. The third-order valence-electron chi connectivity index (χ3n) is 5.49. The molecule has 3 aromatic heterocycles. The van der Waals surface area contributed by atoms with Crippen molar-refractivity contribution in [2.24, 2.45) is 0 Å². The van der Waals surface area contributed by atoms with Crippen molar-refractivity contribution in [3.8, 4) is 22.4 Å². The number of fused-ring (bicyclic) bond motifs is 3. The first-order valence-corrected chi connectivity index (χ1v) is 9.96. The zero-order chi connectivity index (χ0) is 20.0. The number of nitrogens with zero attached hydrogens (tertiary/aromatic N) is 2. The van der Waals surface area contributed by atoms with Gasteiger partial charge in [-0.15, -0.1) is 0 Å². The molecule has 5 aromatic rings. The molecule has 0 fully saturated rings. The van der Waals surface area contributed by atoms with Crippen LogP contribution in [0.25, 0.3) is 44.5 Å². The Labute approximate surface area is 170 Å². The van der Waals surface area contributed by atoms with Crippen molar-refractivity contribution in [2.45, 2.75) is 26.7 Å². The molecule has 0 saturated carbocycles. The van der Waals surface area contributed by atoms with Crippen LogP contribution in [0.1, 0.15) is 31.0 Å². The molecule has 0 aliphatic heterocycles. The number of hydrogen-bond acceptors (Lipinski definition) is 3. The van der Waals surface area contributed by atoms with Crippen LogP contribution in [0.15, 0.2) is 77.3 Å². The number of hydrogen-bond donors (Lipinski definition) is 0. The number of pyridine rings is 2. The fraction of sp³-hybridized carbons (Fsp3) is 0.154. The zero-order valence-electron chi connectivity index (χ0n) is 16.8. The summed E-state index contributed by atoms with van der Waals surface area (Å²) in [6, 6.07) is 23.0. The first-order valence-electron chi connectivity index (χ1n) is 9.96. The topological polar surface area (TPSA) is 38.9 Å². The molecular weight excluding hydrogens is 356 g/mol. The number of aryl methyl sites for hydroxylation is 1. The molecule has 3 nitrogen and oxygen atoms in total. The lowest BCUT2D eigenvalue weighted by atomic mass is 9.99. The normalized spacial score (nSPS) is 11.6. The smallest absolute Gasteiger partial charge is 0.227 e. The van der Waals surface area contributed by atoms with Gasteiger partial charge in [-0.05, 0) is 48.2 Å². The second-order valence-electron chi connectivity index (χ2n) is 7.75. The number of rotatable bonds is 3. The van der Waals surface area contributed by atoms with E-state index < -0.39 is 0 Å². The van der Waals surface area contributed by atoms with Crippen LogP contribution in [0.2, 0.25) is 0 Å². The minimum atomic E-state index is 0.448. The maximum absolute atomic E-state index is 6.26. The fourth-order valence-electron chi connectivity index (χ4n) is 3.87. The summed E-state index contributed by atoms with van der Waals surface area (Å²) in [7, 11) is 0. The van der Waals surface area contributed by atoms with Gasteiger partial charge in [-0.25, -0.2) is 4.98 Å². The van der Waals surface area contributed by atoms with E-state index in [-0.39, 0.29) is 0 Å². The third kappa shape index (κ3) is 2.99.